The molecule has 0 aliphatic heterocycles. The van der Waals surface area contributed by atoms with E-state index in [2.05, 4.69) is 16.0 Å². The van der Waals surface area contributed by atoms with Crippen LogP contribution in [0.3, 0.4) is 0 Å². The Kier molecular flexibility index (Phi) is 10.8. The lowest BCUT2D eigenvalue weighted by Crippen LogP contribution is -2.43. The molecule has 0 aromatic heterocycles. The van der Waals surface area contributed by atoms with Crippen molar-refractivity contribution >= 4 is 64.2 Å². The van der Waals surface area contributed by atoms with Crippen molar-refractivity contribution in [3.63, 3.8) is 0 Å². The number of halogens is 3. The minimum atomic E-state index is -1.06. The lowest BCUT2D eigenvalue weighted by atomic mass is 10.0. The topological polar surface area (TPSA) is 134 Å². The molecule has 1 atom stereocenters. The molecule has 0 fully saturated rings. The number of aromatic hydroxyl groups is 1. The molecular weight excluding hydrogens is 629 g/mol. The Bertz CT molecular complexity index is 1690. The Morgan fingerprint density at radius 2 is 1.45 bits per heavy atom. The van der Waals surface area contributed by atoms with Gasteiger partial charge in [-0.1, -0.05) is 65.1 Å². The van der Waals surface area contributed by atoms with Crippen LogP contribution >= 0.6 is 34.8 Å². The van der Waals surface area contributed by atoms with Gasteiger partial charge < -0.3 is 25.8 Å². The molecule has 0 spiro atoms. The molecule has 0 saturated heterocycles. The summed E-state index contributed by atoms with van der Waals surface area (Å²) in [6.07, 6.45) is 0.0795. The lowest BCUT2D eigenvalue weighted by molar-refractivity contribution is -0.142. The minimum absolute atomic E-state index is 0.00911. The number of ether oxygens (including phenoxy) is 1. The third-order valence-electron chi connectivity index (χ3n) is 6.47. The molecule has 0 aliphatic carbocycles. The average Bonchev–Trinajstić information content (AvgIpc) is 2.99. The highest BCUT2D eigenvalue weighted by atomic mass is 35.5. The minimum Gasteiger partial charge on any atom is -0.508 e. The maximum Gasteiger partial charge on any atom is 0.328 e. The number of rotatable bonds is 10. The van der Waals surface area contributed by atoms with Crippen molar-refractivity contribution < 1.29 is 29.0 Å². The molecule has 4 N–H and O–H groups in total. The van der Waals surface area contributed by atoms with E-state index in [1.54, 1.807) is 54.6 Å². The van der Waals surface area contributed by atoms with Gasteiger partial charge in [-0.3, -0.25) is 14.4 Å². The second-order valence-corrected chi connectivity index (χ2v) is 10.8. The number of carbonyl (C=O) groups is 4. The van der Waals surface area contributed by atoms with Gasteiger partial charge >= 0.3 is 5.97 Å². The predicted molar refractivity (Wildman–Crippen MR) is 169 cm³/mol. The number of anilines is 1. The summed E-state index contributed by atoms with van der Waals surface area (Å²) in [5.74, 6) is -2.14. The molecule has 4 aromatic rings. The Morgan fingerprint density at radius 1 is 0.773 bits per heavy atom. The fourth-order valence-corrected chi connectivity index (χ4v) is 5.07. The second kappa shape index (κ2) is 14.7. The van der Waals surface area contributed by atoms with E-state index in [9.17, 15) is 24.3 Å². The van der Waals surface area contributed by atoms with Crippen LogP contribution in [-0.4, -0.2) is 41.9 Å². The van der Waals surface area contributed by atoms with Crippen molar-refractivity contribution in [3.8, 4) is 5.75 Å². The Balaban J connectivity index is 1.39. The van der Waals surface area contributed by atoms with Gasteiger partial charge in [0, 0.05) is 24.2 Å². The van der Waals surface area contributed by atoms with E-state index in [4.69, 9.17) is 39.5 Å². The van der Waals surface area contributed by atoms with Crippen molar-refractivity contribution in [2.24, 2.45) is 0 Å². The normalized spacial score (nSPS) is 11.3. The zero-order chi connectivity index (χ0) is 31.8. The van der Waals surface area contributed by atoms with E-state index in [1.807, 2.05) is 0 Å². The van der Waals surface area contributed by atoms with Crippen LogP contribution in [0.4, 0.5) is 5.69 Å². The van der Waals surface area contributed by atoms with Crippen LogP contribution in [0.25, 0.3) is 0 Å². The number of phenolic OH excluding ortho intramolecular Hbond substituents is 1. The van der Waals surface area contributed by atoms with E-state index in [1.165, 1.54) is 37.4 Å². The largest absolute Gasteiger partial charge is 0.508 e. The SMILES string of the molecule is COC(=O)C(Cc1ccc(NC(=O)c2c(Cl)cccc2Cl)cc1)NC(=O)c1ccc(C(=O)NCc2cccc(O)c2)cc1Cl. The molecule has 4 aromatic carbocycles. The smallest absolute Gasteiger partial charge is 0.328 e. The number of amides is 3. The van der Waals surface area contributed by atoms with Gasteiger partial charge in [0.1, 0.15) is 11.8 Å². The summed E-state index contributed by atoms with van der Waals surface area (Å²) in [5, 5.41) is 18.1. The molecule has 1 unspecified atom stereocenters. The molecule has 0 aliphatic rings. The first-order valence-corrected chi connectivity index (χ1v) is 14.3. The molecule has 226 valence electrons. The van der Waals surface area contributed by atoms with Crippen LogP contribution in [0.2, 0.25) is 15.1 Å². The van der Waals surface area contributed by atoms with Crippen molar-refractivity contribution in [1.82, 2.24) is 10.6 Å². The van der Waals surface area contributed by atoms with Crippen LogP contribution in [0.1, 0.15) is 42.2 Å². The maximum atomic E-state index is 13.1. The Labute approximate surface area is 268 Å². The van der Waals surface area contributed by atoms with Crippen LogP contribution in [0.15, 0.2) is 84.9 Å². The van der Waals surface area contributed by atoms with Crippen LogP contribution in [0, 0.1) is 0 Å². The molecule has 3 amide bonds. The first-order valence-electron chi connectivity index (χ1n) is 13.1. The van der Waals surface area contributed by atoms with Gasteiger partial charge in [-0.05, 0) is 65.7 Å². The molecule has 9 nitrogen and oxygen atoms in total. The number of esters is 1. The van der Waals surface area contributed by atoms with Gasteiger partial charge in [0.2, 0.25) is 0 Å². The fraction of sp³-hybridized carbons (Fsp3) is 0.125. The number of methoxy groups -OCH3 is 1. The average molecular weight is 655 g/mol. The number of hydrogen-bond acceptors (Lipinski definition) is 6. The van der Waals surface area contributed by atoms with E-state index >= 15 is 0 Å². The van der Waals surface area contributed by atoms with E-state index in [0.29, 0.717) is 16.8 Å². The van der Waals surface area contributed by atoms with Gasteiger partial charge in [-0.15, -0.1) is 0 Å². The van der Waals surface area contributed by atoms with E-state index in [-0.39, 0.29) is 50.5 Å². The van der Waals surface area contributed by atoms with E-state index < -0.39 is 29.7 Å². The predicted octanol–water partition coefficient (Wildman–Crippen LogP) is 6.05. The molecule has 4 rings (SSSR count). The monoisotopic (exact) mass is 653 g/mol. The molecule has 12 heteroatoms. The molecule has 0 radical (unpaired) electrons. The first-order chi connectivity index (χ1) is 21.0. The standard InChI is InChI=1S/C32H26Cl3N3O6/c1-44-32(43)27(15-18-8-11-21(12-9-18)37-31(42)28-24(33)6-3-7-25(28)34)38-30(41)23-13-10-20(16-26(23)35)29(40)36-17-19-4-2-5-22(39)14-19/h2-14,16,27,39H,15,17H2,1H3,(H,36,40)(H,37,42)(H,38,41). The zero-order valence-electron chi connectivity index (χ0n) is 23.2. The van der Waals surface area contributed by atoms with Crippen molar-refractivity contribution in [2.45, 2.75) is 19.0 Å². The number of benzene rings is 4. The summed E-state index contributed by atoms with van der Waals surface area (Å²) in [6, 6.07) is 21.0. The zero-order valence-corrected chi connectivity index (χ0v) is 25.5. The number of hydrogen-bond donors (Lipinski definition) is 4. The molecule has 0 heterocycles. The highest BCUT2D eigenvalue weighted by molar-refractivity contribution is 6.40. The van der Waals surface area contributed by atoms with Gasteiger partial charge in [0.25, 0.3) is 17.7 Å². The van der Waals surface area contributed by atoms with Gasteiger partial charge in [-0.2, -0.15) is 0 Å². The fourth-order valence-electron chi connectivity index (χ4n) is 4.23. The Hall–Kier alpha value is -4.57. The summed E-state index contributed by atoms with van der Waals surface area (Å²) in [7, 11) is 1.21. The van der Waals surface area contributed by atoms with Gasteiger partial charge in [0.15, 0.2) is 0 Å². The third kappa shape index (κ3) is 8.29. The van der Waals surface area contributed by atoms with Crippen molar-refractivity contribution in [2.75, 3.05) is 12.4 Å². The number of carbonyl (C=O) groups excluding carboxylic acids is 4. The summed E-state index contributed by atoms with van der Waals surface area (Å²) < 4.78 is 4.88. The Morgan fingerprint density at radius 3 is 2.09 bits per heavy atom. The van der Waals surface area contributed by atoms with Gasteiger partial charge in [-0.25, -0.2) is 4.79 Å². The summed E-state index contributed by atoms with van der Waals surface area (Å²) in [4.78, 5) is 50.9. The highest BCUT2D eigenvalue weighted by Gasteiger charge is 2.24. The van der Waals surface area contributed by atoms with Gasteiger partial charge in [0.05, 0.1) is 33.3 Å². The lowest BCUT2D eigenvalue weighted by Gasteiger charge is -2.18. The number of nitrogens with one attached hydrogen (secondary N) is 3. The quantitative estimate of drug-likeness (QED) is 0.154. The van der Waals surface area contributed by atoms with Crippen LogP contribution in [0.5, 0.6) is 5.75 Å². The second-order valence-electron chi connectivity index (χ2n) is 9.55. The van der Waals surface area contributed by atoms with Crippen molar-refractivity contribution in [1.29, 1.82) is 0 Å². The van der Waals surface area contributed by atoms with E-state index in [0.717, 1.165) is 0 Å². The van der Waals surface area contributed by atoms with Crippen LogP contribution in [-0.2, 0) is 22.5 Å². The summed E-state index contributed by atoms with van der Waals surface area (Å²) in [6.45, 7) is 0.178. The summed E-state index contributed by atoms with van der Waals surface area (Å²) >= 11 is 18.6. The molecule has 44 heavy (non-hydrogen) atoms. The van der Waals surface area contributed by atoms with Crippen LogP contribution < -0.4 is 16.0 Å². The highest BCUT2D eigenvalue weighted by Crippen LogP contribution is 2.25. The molecule has 0 bridgehead atoms. The third-order valence-corrected chi connectivity index (χ3v) is 7.41. The molecular formula is C32H26Cl3N3O6. The molecule has 0 saturated carbocycles. The number of phenols is 1. The maximum absolute atomic E-state index is 13.1. The first kappa shape index (κ1) is 32.3. The van der Waals surface area contributed by atoms with Crippen molar-refractivity contribution in [3.05, 3.63) is 128 Å². The summed E-state index contributed by atoms with van der Waals surface area (Å²) in [5.41, 5.74) is 2.26.